The highest BCUT2D eigenvalue weighted by Gasteiger charge is 2.56. The number of aliphatic hydroxyl groups excluding tert-OH is 2. The topological polar surface area (TPSA) is 362 Å². The van der Waals surface area contributed by atoms with Crippen molar-refractivity contribution in [2.45, 2.75) is 250 Å². The molecule has 4 aliphatic rings. The first-order valence-electron chi connectivity index (χ1n) is 30.0. The second kappa shape index (κ2) is 31.3. The quantitative estimate of drug-likeness (QED) is 0.0705. The SMILES string of the molecule is CC[C@H]1OC(=O)[C@H](C)[C@@H](O[C@@H]2C[C@@](C)(OC)[C@@H](O)[C@H](C)O2)[C@H](C)[C@@H](O[C@@H]2O[C@H](C)C[C@H](N(C)C)[C@H]2OC(=O)OCc2ccc(O[C@@H]3O[C@H](CC(=O)OC)[C@H](OC(C)=O)[C@H](OC(C)=O)[C@H]3OC(C)=O)c([N+](=O)[O-])c2)[C@](C)(O)C[C@@H](C)CN(C)[C@H](C)[C@@H](O)[C@]1(C)O. The minimum absolute atomic E-state index is 0.00763. The zero-order valence-electron chi connectivity index (χ0n) is 54.3. The number of nitrogens with zero attached hydrogens (tertiary/aromatic N) is 3. The van der Waals surface area contributed by atoms with Gasteiger partial charge in [-0.2, -0.15) is 0 Å². The summed E-state index contributed by atoms with van der Waals surface area (Å²) in [6, 6.07) is 2.12. The molecule has 0 aliphatic carbocycles. The molecule has 0 radical (unpaired) electrons. The van der Waals surface area contributed by atoms with Crippen molar-refractivity contribution in [2.24, 2.45) is 17.8 Å². The van der Waals surface area contributed by atoms with E-state index < -0.39 is 198 Å². The van der Waals surface area contributed by atoms with Gasteiger partial charge in [-0.25, -0.2) is 4.79 Å². The molecule has 29 heteroatoms. The predicted molar refractivity (Wildman–Crippen MR) is 309 cm³/mol. The number of carbonyl (C=O) groups excluding carboxylic acids is 6. The third kappa shape index (κ3) is 18.6. The molecule has 4 aliphatic heterocycles. The van der Waals surface area contributed by atoms with Gasteiger partial charge >= 0.3 is 41.7 Å². The monoisotopic (exact) mass is 1270 g/mol. The Labute approximate surface area is 519 Å². The molecule has 89 heavy (non-hydrogen) atoms. The Balaban J connectivity index is 1.51. The van der Waals surface area contributed by atoms with Crippen molar-refractivity contribution in [3.63, 3.8) is 0 Å². The lowest BCUT2D eigenvalue weighted by molar-refractivity contribution is -0.387. The van der Waals surface area contributed by atoms with Gasteiger partial charge in [0.1, 0.15) is 36.6 Å². The summed E-state index contributed by atoms with van der Waals surface area (Å²) in [7, 11) is 7.78. The summed E-state index contributed by atoms with van der Waals surface area (Å²) in [6.07, 6.45) is -21.3. The Morgan fingerprint density at radius 1 is 0.809 bits per heavy atom. The number of hydrogen-bond donors (Lipinski definition) is 4. The molecule has 0 unspecified atom stereocenters. The van der Waals surface area contributed by atoms with Crippen LogP contribution >= 0.6 is 0 Å². The largest absolute Gasteiger partial charge is 0.509 e. The number of likely N-dealkylation sites (N-methyl/N-ethyl adjacent to an activating group) is 2. The van der Waals surface area contributed by atoms with E-state index in [4.69, 9.17) is 66.3 Å². The van der Waals surface area contributed by atoms with Gasteiger partial charge in [0.15, 0.2) is 36.6 Å². The molecule has 1 aromatic rings. The van der Waals surface area contributed by atoms with Crippen LogP contribution in [0.15, 0.2) is 18.2 Å². The smallest absolute Gasteiger partial charge is 0.469 e. The van der Waals surface area contributed by atoms with Crippen LogP contribution in [0.1, 0.15) is 128 Å². The van der Waals surface area contributed by atoms with Gasteiger partial charge in [0, 0.05) is 58.9 Å². The molecule has 0 aromatic heterocycles. The number of cyclic esters (lactones) is 1. The van der Waals surface area contributed by atoms with E-state index in [2.05, 4.69) is 0 Å². The third-order valence-electron chi connectivity index (χ3n) is 17.3. The summed E-state index contributed by atoms with van der Waals surface area (Å²) in [5.41, 5.74) is -5.62. The van der Waals surface area contributed by atoms with Crippen molar-refractivity contribution in [3.05, 3.63) is 33.9 Å². The van der Waals surface area contributed by atoms with Crippen molar-refractivity contribution < 1.29 is 120 Å². The second-order valence-corrected chi connectivity index (χ2v) is 25.0. The second-order valence-electron chi connectivity index (χ2n) is 25.0. The lowest BCUT2D eigenvalue weighted by Crippen LogP contribution is -2.63. The summed E-state index contributed by atoms with van der Waals surface area (Å²) in [5.74, 6) is -7.50. The third-order valence-corrected chi connectivity index (χ3v) is 17.3. The van der Waals surface area contributed by atoms with Crippen LogP contribution in [-0.4, -0.2) is 234 Å². The van der Waals surface area contributed by atoms with Crippen molar-refractivity contribution >= 4 is 41.7 Å². The predicted octanol–water partition coefficient (Wildman–Crippen LogP) is 3.63. The molecular weight excluding hydrogens is 1180 g/mol. The van der Waals surface area contributed by atoms with Gasteiger partial charge < -0.3 is 96.5 Å². The van der Waals surface area contributed by atoms with E-state index in [-0.39, 0.29) is 30.7 Å². The number of aliphatic hydroxyl groups is 4. The van der Waals surface area contributed by atoms with Gasteiger partial charge in [0.2, 0.25) is 12.4 Å². The number of rotatable bonds is 18. The van der Waals surface area contributed by atoms with Gasteiger partial charge in [-0.3, -0.25) is 34.1 Å². The molecule has 29 nitrogen and oxygen atoms in total. The number of nitro groups is 1. The summed E-state index contributed by atoms with van der Waals surface area (Å²) < 4.78 is 83.3. The van der Waals surface area contributed by atoms with Crippen LogP contribution in [0.25, 0.3) is 0 Å². The molecule has 5 rings (SSSR count). The number of benzene rings is 1. The van der Waals surface area contributed by atoms with Gasteiger partial charge in [-0.1, -0.05) is 26.8 Å². The zero-order chi connectivity index (χ0) is 66.9. The minimum Gasteiger partial charge on any atom is -0.469 e. The summed E-state index contributed by atoms with van der Waals surface area (Å²) in [6.45, 7) is 19.4. The number of nitro benzene ring substituents is 1. The van der Waals surface area contributed by atoms with Crippen molar-refractivity contribution in [1.29, 1.82) is 0 Å². The molecule has 4 heterocycles. The van der Waals surface area contributed by atoms with E-state index in [1.54, 1.807) is 81.4 Å². The highest BCUT2D eigenvalue weighted by atomic mass is 16.8. The lowest BCUT2D eigenvalue weighted by Gasteiger charge is -2.49. The van der Waals surface area contributed by atoms with Gasteiger partial charge in [0.05, 0.1) is 66.0 Å². The Morgan fingerprint density at radius 2 is 1.43 bits per heavy atom. The highest BCUT2D eigenvalue weighted by Crippen LogP contribution is 2.42. The standard InChI is InChI=1S/C60H95N3O26/c1-19-43-60(13,73)51(68)33(6)62(16)27-29(2)25-58(11,72)53(31(4)46(32(5)54(70)86-43)87-45-26-59(12,77-18)52(69)34(7)80-45)89-55-47(40(61(14)15)22-30(3)79-55)88-57(71)78-28-38-20-21-41(39(23-38)63(74)75)84-56-50(83-37(10)66)49(82-36(9)65)48(81-35(8)64)42(85-56)24-44(67)76-17/h20-21,23,29-34,40,42-43,45-53,55-56,68-69,72-73H,19,22,24-28H2,1-18H3/t29-,30-,31+,32-,33-,34+,40+,42-,43-,45-,46+,47-,48+,49+,50-,51-,52+,53-,55+,56-,58-,59-,60-/m1/s1. The molecule has 1 aromatic carbocycles. The molecule has 0 amide bonds. The number of hydrogen-bond acceptors (Lipinski definition) is 28. The van der Waals surface area contributed by atoms with E-state index in [9.17, 15) is 59.3 Å². The molecule has 506 valence electrons. The van der Waals surface area contributed by atoms with Crippen molar-refractivity contribution in [2.75, 3.05) is 41.9 Å². The van der Waals surface area contributed by atoms with E-state index in [1.165, 1.54) is 20.1 Å². The van der Waals surface area contributed by atoms with Crippen LogP contribution in [0, 0.1) is 27.9 Å². The van der Waals surface area contributed by atoms with Gasteiger partial charge in [0.25, 0.3) is 0 Å². The number of carbonyl (C=O) groups is 6. The average Bonchev–Trinajstić information content (AvgIpc) is 1.36. The fourth-order valence-corrected chi connectivity index (χ4v) is 12.5. The maximum absolute atomic E-state index is 14.7. The summed E-state index contributed by atoms with van der Waals surface area (Å²) in [5, 5.41) is 60.7. The molecule has 0 saturated carbocycles. The van der Waals surface area contributed by atoms with Crippen molar-refractivity contribution in [1.82, 2.24) is 9.80 Å². The molecule has 0 bridgehead atoms. The minimum atomic E-state index is -1.94. The van der Waals surface area contributed by atoms with Crippen LogP contribution in [0.5, 0.6) is 5.75 Å². The van der Waals surface area contributed by atoms with Gasteiger partial charge in [-0.15, -0.1) is 0 Å². The van der Waals surface area contributed by atoms with E-state index in [0.717, 1.165) is 40.0 Å². The Kier molecular flexibility index (Phi) is 26.1. The summed E-state index contributed by atoms with van der Waals surface area (Å²) >= 11 is 0. The number of ether oxygens (including phenoxy) is 14. The van der Waals surface area contributed by atoms with E-state index in [1.807, 2.05) is 11.8 Å². The maximum atomic E-state index is 14.7. The van der Waals surface area contributed by atoms with Crippen molar-refractivity contribution in [3.8, 4) is 5.75 Å². The van der Waals surface area contributed by atoms with Crippen LogP contribution in [0.3, 0.4) is 0 Å². The maximum Gasteiger partial charge on any atom is 0.509 e. The molecular formula is C60H95N3O26. The average molecular weight is 1270 g/mol. The Hall–Kier alpha value is -5.44. The first kappa shape index (κ1) is 74.3. The van der Waals surface area contributed by atoms with E-state index in [0.29, 0.717) is 13.0 Å². The number of esters is 5. The van der Waals surface area contributed by atoms with Crippen LogP contribution in [0.2, 0.25) is 0 Å². The van der Waals surface area contributed by atoms with Gasteiger partial charge in [-0.05, 0) is 106 Å². The zero-order valence-corrected chi connectivity index (χ0v) is 54.3. The molecule has 4 fully saturated rings. The molecule has 0 spiro atoms. The Bertz CT molecular complexity index is 2590. The first-order chi connectivity index (χ1) is 41.4. The van der Waals surface area contributed by atoms with Crippen LogP contribution in [-0.2, 0) is 92.2 Å². The van der Waals surface area contributed by atoms with Crippen LogP contribution in [0.4, 0.5) is 10.5 Å². The summed E-state index contributed by atoms with van der Waals surface area (Å²) in [4.78, 5) is 94.0. The van der Waals surface area contributed by atoms with Crippen LogP contribution < -0.4 is 4.74 Å². The highest BCUT2D eigenvalue weighted by molar-refractivity contribution is 5.73. The normalized spacial score (nSPS) is 38.6. The molecule has 4 N–H and O–H groups in total. The fourth-order valence-electron chi connectivity index (χ4n) is 12.5. The molecule has 4 saturated heterocycles. The lowest BCUT2D eigenvalue weighted by atomic mass is 9.77. The first-order valence-corrected chi connectivity index (χ1v) is 30.0. The fraction of sp³-hybridized carbons (Fsp3) is 0.800. The van der Waals surface area contributed by atoms with E-state index >= 15 is 0 Å². The number of methoxy groups -OCH3 is 2. The Morgan fingerprint density at radius 3 is 2.00 bits per heavy atom. The molecule has 23 atom stereocenters.